The monoisotopic (exact) mass is 458 g/mol. The molecule has 1 unspecified atom stereocenters. The number of rotatable bonds is 5. The second-order valence-electron chi connectivity index (χ2n) is 6.99. The molecule has 7 nitrogen and oxygen atoms in total. The van der Waals surface area contributed by atoms with E-state index in [1.165, 1.54) is 29.5 Å². The Kier molecular flexibility index (Phi) is 5.84. The van der Waals surface area contributed by atoms with Crippen molar-refractivity contribution in [2.75, 3.05) is 20.8 Å². The fraction of sp³-hybridized carbons (Fsp3) is 0.227. The molecule has 4 rings (SSSR count). The number of hydrogen-bond acceptors (Lipinski definition) is 6. The molecule has 31 heavy (non-hydrogen) atoms. The number of fused-ring (bicyclic) bond motifs is 1. The van der Waals surface area contributed by atoms with Crippen LogP contribution in [0.25, 0.3) is 0 Å². The molecule has 0 aliphatic carbocycles. The number of carbonyl (C=O) groups is 1. The summed E-state index contributed by atoms with van der Waals surface area (Å²) in [5.74, 6) is 0.774. The Bertz CT molecular complexity index is 1150. The van der Waals surface area contributed by atoms with Gasteiger partial charge in [-0.1, -0.05) is 17.7 Å². The maximum atomic E-state index is 13.6. The molecule has 0 radical (unpaired) electrons. The van der Waals surface area contributed by atoms with Gasteiger partial charge in [0.15, 0.2) is 11.5 Å². The average Bonchev–Trinajstić information content (AvgIpc) is 3.31. The quantitative estimate of drug-likeness (QED) is 0.391. The number of benzene rings is 2. The molecule has 0 saturated heterocycles. The number of nitro groups is 1. The smallest absolute Gasteiger partial charge is 0.283 e. The fourth-order valence-electron chi connectivity index (χ4n) is 3.91. The molecule has 1 atom stereocenters. The van der Waals surface area contributed by atoms with Crippen molar-refractivity contribution < 1.29 is 19.2 Å². The van der Waals surface area contributed by atoms with Gasteiger partial charge in [0.25, 0.3) is 11.6 Å². The zero-order valence-corrected chi connectivity index (χ0v) is 18.4. The van der Waals surface area contributed by atoms with Crippen LogP contribution >= 0.6 is 22.9 Å². The molecular formula is C22H19ClN2O5S. The molecule has 160 valence electrons. The van der Waals surface area contributed by atoms with E-state index in [-0.39, 0.29) is 16.3 Å². The van der Waals surface area contributed by atoms with Crippen LogP contribution in [0.15, 0.2) is 47.8 Å². The first-order chi connectivity index (χ1) is 14.9. The van der Waals surface area contributed by atoms with E-state index in [4.69, 9.17) is 21.1 Å². The van der Waals surface area contributed by atoms with Crippen molar-refractivity contribution in [2.45, 2.75) is 12.5 Å². The summed E-state index contributed by atoms with van der Waals surface area (Å²) >= 11 is 7.46. The molecule has 2 aromatic carbocycles. The number of thiophene rings is 1. The van der Waals surface area contributed by atoms with Crippen molar-refractivity contribution in [3.05, 3.63) is 84.5 Å². The lowest BCUT2D eigenvalue weighted by Crippen LogP contribution is -2.40. The number of halogens is 1. The lowest BCUT2D eigenvalue weighted by atomic mass is 9.90. The van der Waals surface area contributed by atoms with E-state index < -0.39 is 16.9 Å². The molecule has 0 bridgehead atoms. The lowest BCUT2D eigenvalue weighted by molar-refractivity contribution is -0.385. The third-order valence-corrected chi connectivity index (χ3v) is 6.49. The Morgan fingerprint density at radius 2 is 1.94 bits per heavy atom. The predicted molar refractivity (Wildman–Crippen MR) is 119 cm³/mol. The highest BCUT2D eigenvalue weighted by molar-refractivity contribution is 7.10. The average molecular weight is 459 g/mol. The summed E-state index contributed by atoms with van der Waals surface area (Å²) in [4.78, 5) is 27.2. The van der Waals surface area contributed by atoms with Gasteiger partial charge in [0.2, 0.25) is 0 Å². The summed E-state index contributed by atoms with van der Waals surface area (Å²) in [6, 6.07) is 11.4. The largest absolute Gasteiger partial charge is 0.493 e. The third-order valence-electron chi connectivity index (χ3n) is 5.33. The van der Waals surface area contributed by atoms with Gasteiger partial charge in [-0.3, -0.25) is 14.9 Å². The van der Waals surface area contributed by atoms with Crippen LogP contribution in [0.3, 0.4) is 0 Å². The van der Waals surface area contributed by atoms with Gasteiger partial charge in [0.1, 0.15) is 5.56 Å². The van der Waals surface area contributed by atoms with Gasteiger partial charge in [-0.05, 0) is 53.3 Å². The van der Waals surface area contributed by atoms with Crippen LogP contribution in [-0.2, 0) is 6.42 Å². The van der Waals surface area contributed by atoms with E-state index in [1.807, 2.05) is 29.6 Å². The number of nitro benzene ring substituents is 1. The van der Waals surface area contributed by atoms with E-state index in [1.54, 1.807) is 19.1 Å². The summed E-state index contributed by atoms with van der Waals surface area (Å²) in [5.41, 5.74) is 1.67. The van der Waals surface area contributed by atoms with Gasteiger partial charge in [-0.25, -0.2) is 0 Å². The molecule has 2 heterocycles. The van der Waals surface area contributed by atoms with Crippen LogP contribution < -0.4 is 9.47 Å². The standard InChI is InChI=1S/C22H19ClN2O5S/c1-29-18-10-13-7-8-24(22(26)15-6-5-14(23)11-17(15)25(27)28)21(20-4-3-9-31-20)16(13)12-19(18)30-2/h3-6,9-12,21H,7-8H2,1-2H3. The fourth-order valence-corrected chi connectivity index (χ4v) is 4.93. The Morgan fingerprint density at radius 1 is 1.19 bits per heavy atom. The lowest BCUT2D eigenvalue weighted by Gasteiger charge is -2.37. The van der Waals surface area contributed by atoms with Gasteiger partial charge < -0.3 is 14.4 Å². The molecular weight excluding hydrogens is 440 g/mol. The molecule has 3 aromatic rings. The minimum absolute atomic E-state index is 0.0138. The van der Waals surface area contributed by atoms with Crippen molar-refractivity contribution >= 4 is 34.5 Å². The first kappa shape index (κ1) is 21.1. The second kappa shape index (κ2) is 8.56. The molecule has 0 N–H and O–H groups in total. The van der Waals surface area contributed by atoms with Gasteiger partial charge >= 0.3 is 0 Å². The predicted octanol–water partition coefficient (Wildman–Crippen LogP) is 5.11. The van der Waals surface area contributed by atoms with Crippen LogP contribution in [0.5, 0.6) is 11.5 Å². The molecule has 1 aliphatic heterocycles. The summed E-state index contributed by atoms with van der Waals surface area (Å²) < 4.78 is 10.9. The van der Waals surface area contributed by atoms with E-state index >= 15 is 0 Å². The van der Waals surface area contributed by atoms with Crippen LogP contribution in [0, 0.1) is 10.1 Å². The zero-order valence-electron chi connectivity index (χ0n) is 16.8. The zero-order chi connectivity index (χ0) is 22.1. The van der Waals surface area contributed by atoms with Crippen molar-refractivity contribution in [1.29, 1.82) is 0 Å². The number of hydrogen-bond donors (Lipinski definition) is 0. The number of nitrogens with zero attached hydrogens (tertiary/aromatic N) is 2. The Labute approximate surface area is 187 Å². The van der Waals surface area contributed by atoms with Gasteiger partial charge in [0.05, 0.1) is 25.2 Å². The highest BCUT2D eigenvalue weighted by Crippen LogP contribution is 2.43. The SMILES string of the molecule is COc1cc2c(cc1OC)C(c1cccs1)N(C(=O)c1ccc(Cl)cc1[N+](=O)[O-])CC2. The minimum atomic E-state index is -0.578. The maximum Gasteiger partial charge on any atom is 0.283 e. The topological polar surface area (TPSA) is 81.9 Å². The third kappa shape index (κ3) is 3.84. The van der Waals surface area contributed by atoms with Crippen molar-refractivity contribution in [1.82, 2.24) is 4.90 Å². The Balaban J connectivity index is 1.84. The molecule has 1 aromatic heterocycles. The Hall–Kier alpha value is -3.10. The minimum Gasteiger partial charge on any atom is -0.493 e. The van der Waals surface area contributed by atoms with Crippen LogP contribution in [-0.4, -0.2) is 36.5 Å². The molecule has 1 amide bonds. The van der Waals surface area contributed by atoms with Crippen molar-refractivity contribution in [2.24, 2.45) is 0 Å². The van der Waals surface area contributed by atoms with Crippen LogP contribution in [0.1, 0.15) is 32.4 Å². The molecule has 9 heteroatoms. The summed E-state index contributed by atoms with van der Waals surface area (Å²) in [6.07, 6.45) is 0.588. The van der Waals surface area contributed by atoms with Crippen molar-refractivity contribution in [3.63, 3.8) is 0 Å². The van der Waals surface area contributed by atoms with Gasteiger partial charge in [0, 0.05) is 22.5 Å². The Morgan fingerprint density at radius 3 is 2.58 bits per heavy atom. The number of carbonyl (C=O) groups excluding carboxylic acids is 1. The van der Waals surface area contributed by atoms with Gasteiger partial charge in [-0.15, -0.1) is 11.3 Å². The van der Waals surface area contributed by atoms with Crippen molar-refractivity contribution in [3.8, 4) is 11.5 Å². The van der Waals surface area contributed by atoms with Crippen LogP contribution in [0.4, 0.5) is 5.69 Å². The summed E-state index contributed by atoms with van der Waals surface area (Å²) in [7, 11) is 3.15. The van der Waals surface area contributed by atoms with Crippen LogP contribution in [0.2, 0.25) is 5.02 Å². The first-order valence-corrected chi connectivity index (χ1v) is 10.7. The summed E-state index contributed by atoms with van der Waals surface area (Å²) in [5, 5.41) is 13.7. The highest BCUT2D eigenvalue weighted by atomic mass is 35.5. The molecule has 0 saturated carbocycles. The molecule has 0 spiro atoms. The van der Waals surface area contributed by atoms with E-state index in [0.717, 1.165) is 16.0 Å². The van der Waals surface area contributed by atoms with Gasteiger partial charge in [-0.2, -0.15) is 0 Å². The number of methoxy groups -OCH3 is 2. The normalized spacial score (nSPS) is 15.3. The van der Waals surface area contributed by atoms with E-state index in [0.29, 0.717) is 24.5 Å². The molecule has 1 aliphatic rings. The summed E-state index contributed by atoms with van der Waals surface area (Å²) in [6.45, 7) is 0.406. The first-order valence-electron chi connectivity index (χ1n) is 9.47. The second-order valence-corrected chi connectivity index (χ2v) is 8.41. The number of ether oxygens (including phenoxy) is 2. The maximum absolute atomic E-state index is 13.6. The molecule has 0 fully saturated rings. The van der Waals surface area contributed by atoms with E-state index in [9.17, 15) is 14.9 Å². The van der Waals surface area contributed by atoms with E-state index in [2.05, 4.69) is 0 Å². The number of amides is 1. The highest BCUT2D eigenvalue weighted by Gasteiger charge is 2.36.